The van der Waals surface area contributed by atoms with Gasteiger partial charge in [-0.3, -0.25) is 4.79 Å². The predicted octanol–water partition coefficient (Wildman–Crippen LogP) is 2.70. The molecule has 18 heavy (non-hydrogen) atoms. The monoisotopic (exact) mass is 349 g/mol. The van der Waals surface area contributed by atoms with Crippen LogP contribution in [0.1, 0.15) is 10.4 Å². The fourth-order valence-corrected chi connectivity index (χ4v) is 3.70. The number of rotatable bonds is 2. The molecule has 1 fully saturated rings. The standard InChI is InChI=1S/C11H9BrClNO3S/c12-7-1-6(2-8(13)3-7)10(15)14-5-18-4-9(14)11(16)17/h1-3,9H,4-5H2,(H,16,17). The lowest BCUT2D eigenvalue weighted by molar-refractivity contribution is -0.140. The number of thioether (sulfide) groups is 1. The average Bonchev–Trinajstić information content (AvgIpc) is 2.75. The molecular formula is C11H9BrClNO3S. The summed E-state index contributed by atoms with van der Waals surface area (Å²) in [6.45, 7) is 0. The van der Waals surface area contributed by atoms with Gasteiger partial charge in [-0.1, -0.05) is 27.5 Å². The van der Waals surface area contributed by atoms with Gasteiger partial charge < -0.3 is 10.0 Å². The van der Waals surface area contributed by atoms with E-state index in [0.29, 0.717) is 26.7 Å². The SMILES string of the molecule is O=C(O)C1CSCN1C(=O)c1cc(Cl)cc(Br)c1. The molecule has 0 spiro atoms. The highest BCUT2D eigenvalue weighted by Crippen LogP contribution is 2.26. The van der Waals surface area contributed by atoms with Gasteiger partial charge in [0.15, 0.2) is 0 Å². The van der Waals surface area contributed by atoms with E-state index in [0.717, 1.165) is 0 Å². The summed E-state index contributed by atoms with van der Waals surface area (Å²) < 4.78 is 0.692. The second-order valence-electron chi connectivity index (χ2n) is 3.79. The molecule has 0 aromatic heterocycles. The summed E-state index contributed by atoms with van der Waals surface area (Å²) in [5.74, 6) is -0.479. The van der Waals surface area contributed by atoms with E-state index < -0.39 is 12.0 Å². The van der Waals surface area contributed by atoms with Crippen LogP contribution in [0, 0.1) is 0 Å². The second-order valence-corrected chi connectivity index (χ2v) is 6.14. The van der Waals surface area contributed by atoms with Crippen LogP contribution in [-0.4, -0.2) is 39.6 Å². The summed E-state index contributed by atoms with van der Waals surface area (Å²) in [5.41, 5.74) is 0.392. The minimum absolute atomic E-state index is 0.310. The third-order valence-electron chi connectivity index (χ3n) is 2.54. The van der Waals surface area contributed by atoms with Crippen molar-refractivity contribution in [3.05, 3.63) is 33.3 Å². The average molecular weight is 351 g/mol. The van der Waals surface area contributed by atoms with Crippen molar-refractivity contribution in [2.45, 2.75) is 6.04 Å². The van der Waals surface area contributed by atoms with E-state index in [1.807, 2.05) is 0 Å². The van der Waals surface area contributed by atoms with E-state index >= 15 is 0 Å². The number of hydrogen-bond donors (Lipinski definition) is 1. The van der Waals surface area contributed by atoms with Crippen molar-refractivity contribution in [1.82, 2.24) is 4.90 Å². The maximum atomic E-state index is 12.2. The number of carboxylic acid groups (broad SMARTS) is 1. The zero-order valence-electron chi connectivity index (χ0n) is 9.10. The number of carboxylic acids is 1. The Hall–Kier alpha value is -0.720. The van der Waals surface area contributed by atoms with Crippen LogP contribution in [0.5, 0.6) is 0 Å². The smallest absolute Gasteiger partial charge is 0.327 e. The number of hydrogen-bond acceptors (Lipinski definition) is 3. The molecule has 1 aliphatic heterocycles. The van der Waals surface area contributed by atoms with E-state index in [1.54, 1.807) is 12.1 Å². The fourth-order valence-electron chi connectivity index (χ4n) is 1.69. The molecule has 1 N–H and O–H groups in total. The highest BCUT2D eigenvalue weighted by molar-refractivity contribution is 9.10. The predicted molar refractivity (Wildman–Crippen MR) is 74.1 cm³/mol. The van der Waals surface area contributed by atoms with Gasteiger partial charge in [-0.05, 0) is 18.2 Å². The van der Waals surface area contributed by atoms with Gasteiger partial charge in [-0.2, -0.15) is 0 Å². The molecule has 0 saturated carbocycles. The fraction of sp³-hybridized carbons (Fsp3) is 0.273. The van der Waals surface area contributed by atoms with Crippen molar-refractivity contribution in [2.75, 3.05) is 11.6 Å². The van der Waals surface area contributed by atoms with Crippen molar-refractivity contribution in [2.24, 2.45) is 0 Å². The zero-order chi connectivity index (χ0) is 13.3. The molecule has 4 nitrogen and oxygen atoms in total. The van der Waals surface area contributed by atoms with Gasteiger partial charge in [0, 0.05) is 20.8 Å². The molecule has 1 aromatic carbocycles. The highest BCUT2D eigenvalue weighted by atomic mass is 79.9. The van der Waals surface area contributed by atoms with Crippen LogP contribution < -0.4 is 0 Å². The van der Waals surface area contributed by atoms with Crippen molar-refractivity contribution >= 4 is 51.2 Å². The van der Waals surface area contributed by atoms with Gasteiger partial charge in [-0.15, -0.1) is 11.8 Å². The maximum Gasteiger partial charge on any atom is 0.327 e. The first-order valence-electron chi connectivity index (χ1n) is 5.06. The number of halogens is 2. The quantitative estimate of drug-likeness (QED) is 0.891. The summed E-state index contributed by atoms with van der Waals surface area (Å²) in [6, 6.07) is 4.08. The summed E-state index contributed by atoms with van der Waals surface area (Å²) in [4.78, 5) is 24.6. The molecule has 0 aliphatic carbocycles. The topological polar surface area (TPSA) is 57.6 Å². The van der Waals surface area contributed by atoms with E-state index in [1.165, 1.54) is 22.7 Å². The number of amides is 1. The van der Waals surface area contributed by atoms with Crippen LogP contribution >= 0.6 is 39.3 Å². The third-order valence-corrected chi connectivity index (χ3v) is 4.23. The molecule has 0 bridgehead atoms. The minimum atomic E-state index is -0.977. The molecule has 1 aliphatic rings. The first kappa shape index (κ1) is 13.7. The van der Waals surface area contributed by atoms with E-state index in [4.69, 9.17) is 16.7 Å². The van der Waals surface area contributed by atoms with E-state index in [9.17, 15) is 9.59 Å². The molecule has 1 unspecified atom stereocenters. The molecule has 1 amide bonds. The van der Waals surface area contributed by atoms with Gasteiger partial charge >= 0.3 is 5.97 Å². The summed E-state index contributed by atoms with van der Waals surface area (Å²) >= 11 is 10.6. The van der Waals surface area contributed by atoms with Crippen LogP contribution in [0.3, 0.4) is 0 Å². The lowest BCUT2D eigenvalue weighted by Gasteiger charge is -2.20. The Morgan fingerprint density at radius 2 is 2.17 bits per heavy atom. The Kier molecular flexibility index (Phi) is 4.19. The molecule has 2 rings (SSSR count). The van der Waals surface area contributed by atoms with Crippen molar-refractivity contribution in [3.63, 3.8) is 0 Å². The van der Waals surface area contributed by atoms with Crippen molar-refractivity contribution < 1.29 is 14.7 Å². The number of nitrogens with zero attached hydrogens (tertiary/aromatic N) is 1. The van der Waals surface area contributed by atoms with Crippen LogP contribution in [0.25, 0.3) is 0 Å². The Morgan fingerprint density at radius 3 is 2.78 bits per heavy atom. The number of benzene rings is 1. The number of aliphatic carboxylic acids is 1. The number of carbonyl (C=O) groups excluding carboxylic acids is 1. The summed E-state index contributed by atoms with van der Waals surface area (Å²) in [5, 5.41) is 9.48. The highest BCUT2D eigenvalue weighted by Gasteiger charge is 2.35. The van der Waals surface area contributed by atoms with E-state index in [-0.39, 0.29) is 5.91 Å². The summed E-state index contributed by atoms with van der Waals surface area (Å²) in [7, 11) is 0. The molecule has 96 valence electrons. The Bertz CT molecular complexity index is 491. The molecule has 7 heteroatoms. The van der Waals surface area contributed by atoms with Crippen LogP contribution in [-0.2, 0) is 4.79 Å². The molecule has 0 radical (unpaired) electrons. The van der Waals surface area contributed by atoms with Crippen molar-refractivity contribution in [3.8, 4) is 0 Å². The molecule has 1 saturated heterocycles. The minimum Gasteiger partial charge on any atom is -0.480 e. The van der Waals surface area contributed by atoms with Gasteiger partial charge in [0.2, 0.25) is 0 Å². The molecule has 1 atom stereocenters. The lowest BCUT2D eigenvalue weighted by Crippen LogP contribution is -2.41. The van der Waals surface area contributed by atoms with Crippen LogP contribution in [0.4, 0.5) is 0 Å². The Morgan fingerprint density at radius 1 is 1.44 bits per heavy atom. The van der Waals surface area contributed by atoms with Gasteiger partial charge in [-0.25, -0.2) is 4.79 Å². The van der Waals surface area contributed by atoms with Crippen molar-refractivity contribution in [1.29, 1.82) is 0 Å². The Labute approximate surface area is 121 Å². The largest absolute Gasteiger partial charge is 0.480 e. The number of carbonyl (C=O) groups is 2. The molecular weight excluding hydrogens is 342 g/mol. The first-order valence-corrected chi connectivity index (χ1v) is 7.39. The van der Waals surface area contributed by atoms with Gasteiger partial charge in [0.05, 0.1) is 5.88 Å². The van der Waals surface area contributed by atoms with Gasteiger partial charge in [0.1, 0.15) is 6.04 Å². The first-order chi connectivity index (χ1) is 8.49. The molecule has 1 heterocycles. The maximum absolute atomic E-state index is 12.2. The molecule has 1 aromatic rings. The second kappa shape index (κ2) is 5.50. The normalized spacial score (nSPS) is 19.0. The van der Waals surface area contributed by atoms with Gasteiger partial charge in [0.25, 0.3) is 5.91 Å². The van der Waals surface area contributed by atoms with Crippen LogP contribution in [0.2, 0.25) is 5.02 Å². The third kappa shape index (κ3) is 2.81. The summed E-state index contributed by atoms with van der Waals surface area (Å²) in [6.07, 6.45) is 0. The zero-order valence-corrected chi connectivity index (χ0v) is 12.3. The van der Waals surface area contributed by atoms with E-state index in [2.05, 4.69) is 15.9 Å². The Balaban J connectivity index is 2.28. The lowest BCUT2D eigenvalue weighted by atomic mass is 10.2. The van der Waals surface area contributed by atoms with Crippen LogP contribution in [0.15, 0.2) is 22.7 Å².